The van der Waals surface area contributed by atoms with Crippen molar-refractivity contribution in [2.45, 2.75) is 62.6 Å². The zero-order valence-electron chi connectivity index (χ0n) is 19.9. The zero-order chi connectivity index (χ0) is 25.5. The van der Waals surface area contributed by atoms with Gasteiger partial charge in [0.25, 0.3) is 0 Å². The fourth-order valence-corrected chi connectivity index (χ4v) is 4.41. The molecule has 1 unspecified atom stereocenters. The van der Waals surface area contributed by atoms with Gasteiger partial charge in [-0.3, -0.25) is 0 Å². The van der Waals surface area contributed by atoms with Crippen LogP contribution in [-0.4, -0.2) is 50.1 Å². The molecule has 0 spiro atoms. The van der Waals surface area contributed by atoms with Crippen molar-refractivity contribution >= 4 is 0 Å². The number of rotatable bonds is 13. The van der Waals surface area contributed by atoms with E-state index >= 15 is 0 Å². The van der Waals surface area contributed by atoms with E-state index in [0.29, 0.717) is 31.3 Å². The Morgan fingerprint density at radius 3 is 2.25 bits per heavy atom. The van der Waals surface area contributed by atoms with Gasteiger partial charge in [0, 0.05) is 0 Å². The molecule has 1 saturated heterocycles. The molecule has 2 aromatic carbocycles. The van der Waals surface area contributed by atoms with E-state index in [1.165, 1.54) is 0 Å². The number of aryl methyl sites for hydroxylation is 1. The zero-order valence-corrected chi connectivity index (χ0v) is 19.9. The molecule has 1 heterocycles. The minimum Gasteiger partial charge on any atom is -0.491 e. The van der Waals surface area contributed by atoms with Gasteiger partial charge in [0.05, 0.1) is 12.7 Å². The molecule has 1 aliphatic carbocycles. The van der Waals surface area contributed by atoms with Gasteiger partial charge in [-0.25, -0.2) is 0 Å². The first-order chi connectivity index (χ1) is 17.6. The molecule has 0 aromatic heterocycles. The monoisotopic (exact) mass is 496 g/mol. The summed E-state index contributed by atoms with van der Waals surface area (Å²) in [6.45, 7) is 2.65. The molecule has 4 rings (SSSR count). The Morgan fingerprint density at radius 2 is 1.61 bits per heavy atom. The second kappa shape index (κ2) is 12.0. The van der Waals surface area contributed by atoms with Crippen molar-refractivity contribution < 1.29 is 14.2 Å². The number of nitroso groups, excluding NO2 is 4. The molecule has 0 radical (unpaired) electrons. The Balaban J connectivity index is 1.48. The van der Waals surface area contributed by atoms with Gasteiger partial charge in [-0.2, -0.15) is 19.6 Å². The topological polar surface area (TPSA) is 145 Å². The minimum atomic E-state index is -1.35. The van der Waals surface area contributed by atoms with Gasteiger partial charge < -0.3 is 14.2 Å². The second-order valence-electron chi connectivity index (χ2n) is 9.12. The van der Waals surface area contributed by atoms with E-state index in [4.69, 9.17) is 14.2 Å². The van der Waals surface area contributed by atoms with Gasteiger partial charge in [-0.15, -0.1) is 0 Å². The first-order valence-corrected chi connectivity index (χ1v) is 11.9. The summed E-state index contributed by atoms with van der Waals surface area (Å²) in [5, 5.41) is 11.6. The molecule has 1 saturated carbocycles. The molecule has 36 heavy (non-hydrogen) atoms. The first kappa shape index (κ1) is 25.6. The quantitative estimate of drug-likeness (QED) is 0.287. The third kappa shape index (κ3) is 6.03. The van der Waals surface area contributed by atoms with Crippen LogP contribution in [0.15, 0.2) is 63.2 Å². The largest absolute Gasteiger partial charge is 0.491 e. The van der Waals surface area contributed by atoms with Gasteiger partial charge in [-0.1, -0.05) is 51.0 Å². The van der Waals surface area contributed by atoms with Crippen LogP contribution in [0.3, 0.4) is 0 Å². The summed E-state index contributed by atoms with van der Waals surface area (Å²) in [7, 11) is 0. The second-order valence-corrected chi connectivity index (χ2v) is 9.12. The van der Waals surface area contributed by atoms with Crippen LogP contribution in [-0.2, 0) is 15.9 Å². The molecule has 1 aliphatic heterocycles. The normalized spacial score (nSPS) is 25.6. The maximum absolute atomic E-state index is 11.7. The maximum atomic E-state index is 11.7. The summed E-state index contributed by atoms with van der Waals surface area (Å²) in [5.74, 6) is 0.764. The molecular weight excluding hydrogens is 468 g/mol. The van der Waals surface area contributed by atoms with E-state index in [9.17, 15) is 19.6 Å². The molecule has 5 atom stereocenters. The summed E-state index contributed by atoms with van der Waals surface area (Å²) in [4.78, 5) is 45.4. The Hall–Kier alpha value is -3.44. The lowest BCUT2D eigenvalue weighted by molar-refractivity contribution is -0.0761. The van der Waals surface area contributed by atoms with Crippen molar-refractivity contribution in [2.75, 3.05) is 19.8 Å². The fraction of sp³-hybridized carbons (Fsp3) is 0.520. The third-order valence-corrected chi connectivity index (χ3v) is 6.58. The molecule has 11 heteroatoms. The molecule has 0 bridgehead atoms. The lowest BCUT2D eigenvalue weighted by Crippen LogP contribution is -2.52. The predicted molar refractivity (Wildman–Crippen MR) is 132 cm³/mol. The van der Waals surface area contributed by atoms with Crippen LogP contribution in [0.2, 0.25) is 0 Å². The standard InChI is InChI=1S/C25H28N4O7/c1-15-2-5-17(25-24(29-33)23(28-32)22(27-31)21(36-25)14-26-30)13-18(15)12-16-3-6-19(7-4-16)34-10-11-35-20-8-9-20/h2-7,13,20-25H,8-12,14H2,1H3/t21-,22-,23+,24?,25+/m1/s1. The van der Waals surface area contributed by atoms with Gasteiger partial charge in [0.1, 0.15) is 43.2 Å². The molecule has 2 aliphatic rings. The van der Waals surface area contributed by atoms with E-state index in [1.807, 2.05) is 43.3 Å². The first-order valence-electron chi connectivity index (χ1n) is 11.9. The summed E-state index contributed by atoms with van der Waals surface area (Å²) in [6.07, 6.45) is 1.24. The predicted octanol–water partition coefficient (Wildman–Crippen LogP) is 4.75. The van der Waals surface area contributed by atoms with Crippen molar-refractivity contribution in [2.24, 2.45) is 20.7 Å². The average molecular weight is 497 g/mol. The van der Waals surface area contributed by atoms with Gasteiger partial charge in [0.15, 0.2) is 6.04 Å². The SMILES string of the molecule is Cc1ccc([C@@H]2O[C@H](CN=O)[C@@H](N=O)[C@H](N=O)C2N=O)cc1Cc1ccc(OCCOC2CC2)cc1. The molecule has 2 aromatic rings. The number of hydrogen-bond acceptors (Lipinski definition) is 11. The van der Waals surface area contributed by atoms with Crippen LogP contribution < -0.4 is 4.74 Å². The number of ether oxygens (including phenoxy) is 3. The van der Waals surface area contributed by atoms with Crippen molar-refractivity contribution in [1.29, 1.82) is 0 Å². The van der Waals surface area contributed by atoms with Crippen molar-refractivity contribution in [3.8, 4) is 5.75 Å². The lowest BCUT2D eigenvalue weighted by atomic mass is 9.85. The summed E-state index contributed by atoms with van der Waals surface area (Å²) >= 11 is 0. The maximum Gasteiger partial charge on any atom is 0.150 e. The van der Waals surface area contributed by atoms with Crippen LogP contribution in [0.1, 0.15) is 41.2 Å². The highest BCUT2D eigenvalue weighted by molar-refractivity contribution is 5.38. The molecule has 0 amide bonds. The summed E-state index contributed by atoms with van der Waals surface area (Å²) in [5.41, 5.74) is 3.63. The van der Waals surface area contributed by atoms with Gasteiger partial charge in [-0.05, 0) is 60.6 Å². The van der Waals surface area contributed by atoms with E-state index in [1.54, 1.807) is 6.07 Å². The number of hydrogen-bond donors (Lipinski definition) is 0. The fourth-order valence-electron chi connectivity index (χ4n) is 4.41. The smallest absolute Gasteiger partial charge is 0.150 e. The van der Waals surface area contributed by atoms with Crippen molar-refractivity contribution in [3.05, 3.63) is 84.3 Å². The molecule has 190 valence electrons. The van der Waals surface area contributed by atoms with Crippen molar-refractivity contribution in [1.82, 2.24) is 0 Å². The van der Waals surface area contributed by atoms with Crippen LogP contribution in [0.4, 0.5) is 0 Å². The number of nitrogens with zero attached hydrogens (tertiary/aromatic N) is 4. The van der Waals surface area contributed by atoms with Crippen molar-refractivity contribution in [3.63, 3.8) is 0 Å². The summed E-state index contributed by atoms with van der Waals surface area (Å²) in [6, 6.07) is 9.38. The minimum absolute atomic E-state index is 0.398. The highest BCUT2D eigenvalue weighted by Crippen LogP contribution is 2.38. The van der Waals surface area contributed by atoms with Gasteiger partial charge in [0.2, 0.25) is 0 Å². The molecule has 2 fully saturated rings. The summed E-state index contributed by atoms with van der Waals surface area (Å²) < 4.78 is 17.2. The third-order valence-electron chi connectivity index (χ3n) is 6.58. The van der Waals surface area contributed by atoms with Gasteiger partial charge >= 0.3 is 0 Å². The van der Waals surface area contributed by atoms with Crippen LogP contribution in [0, 0.1) is 26.6 Å². The van der Waals surface area contributed by atoms with E-state index in [2.05, 4.69) is 20.7 Å². The van der Waals surface area contributed by atoms with E-state index in [0.717, 1.165) is 35.3 Å². The Labute approximate surface area is 207 Å². The van der Waals surface area contributed by atoms with E-state index in [-0.39, 0.29) is 0 Å². The highest BCUT2D eigenvalue weighted by Gasteiger charge is 2.50. The molecular formula is C25H28N4O7. The van der Waals surface area contributed by atoms with Crippen LogP contribution in [0.25, 0.3) is 0 Å². The van der Waals surface area contributed by atoms with E-state index < -0.39 is 36.9 Å². The average Bonchev–Trinajstić information content (AvgIpc) is 3.72. The van der Waals surface area contributed by atoms with Crippen LogP contribution in [0.5, 0.6) is 5.75 Å². The molecule has 0 N–H and O–H groups in total. The number of benzene rings is 2. The lowest BCUT2D eigenvalue weighted by Gasteiger charge is -2.38. The van der Waals surface area contributed by atoms with Crippen LogP contribution >= 0.6 is 0 Å². The Kier molecular flexibility index (Phi) is 8.55. The highest BCUT2D eigenvalue weighted by atomic mass is 16.5. The Bertz CT molecular complexity index is 1080. The molecule has 11 nitrogen and oxygen atoms in total. The Morgan fingerprint density at radius 1 is 0.889 bits per heavy atom.